The summed E-state index contributed by atoms with van der Waals surface area (Å²) in [6, 6.07) is 10.7. The van der Waals surface area contributed by atoms with Crippen LogP contribution in [-0.2, 0) is 4.79 Å². The quantitative estimate of drug-likeness (QED) is 0.794. The average Bonchev–Trinajstić information content (AvgIpc) is 3.08. The van der Waals surface area contributed by atoms with E-state index in [1.165, 1.54) is 5.56 Å². The van der Waals surface area contributed by atoms with Crippen molar-refractivity contribution in [2.24, 2.45) is 0 Å². The van der Waals surface area contributed by atoms with Crippen molar-refractivity contribution in [3.63, 3.8) is 0 Å². The molecule has 1 aliphatic heterocycles. The molecule has 0 aromatic heterocycles. The van der Waals surface area contributed by atoms with Crippen LogP contribution in [0.3, 0.4) is 0 Å². The number of hydrogen-bond donors (Lipinski definition) is 2. The molecule has 2 atom stereocenters. The molecule has 2 N–H and O–H groups in total. The Labute approximate surface area is 150 Å². The highest BCUT2D eigenvalue weighted by Gasteiger charge is 2.29. The summed E-state index contributed by atoms with van der Waals surface area (Å²) in [7, 11) is 0. The van der Waals surface area contributed by atoms with Crippen LogP contribution < -0.4 is 10.6 Å². The van der Waals surface area contributed by atoms with Gasteiger partial charge in [-0.3, -0.25) is 9.69 Å². The lowest BCUT2D eigenvalue weighted by Crippen LogP contribution is -2.49. The van der Waals surface area contributed by atoms with Gasteiger partial charge in [0.2, 0.25) is 5.91 Å². The van der Waals surface area contributed by atoms with E-state index in [9.17, 15) is 9.59 Å². The highest BCUT2D eigenvalue weighted by Crippen LogP contribution is 2.24. The fraction of sp³-hybridized carbons (Fsp3) is 0.579. The predicted molar refractivity (Wildman–Crippen MR) is 99.3 cm³/mol. The summed E-state index contributed by atoms with van der Waals surface area (Å²) in [5.74, 6) is -0.120. The van der Waals surface area contributed by atoms with Crippen LogP contribution in [0.25, 0.3) is 0 Å². The minimum atomic E-state index is -0.159. The number of benzene rings is 1. The molecule has 6 heteroatoms. The van der Waals surface area contributed by atoms with Crippen LogP contribution in [0.2, 0.25) is 0 Å². The maximum absolute atomic E-state index is 12.4. The Balaban J connectivity index is 1.85. The van der Waals surface area contributed by atoms with Gasteiger partial charge in [0.15, 0.2) is 0 Å². The smallest absolute Gasteiger partial charge is 0.318 e. The van der Waals surface area contributed by atoms with Crippen LogP contribution in [0, 0.1) is 0 Å². The number of hydrogen-bond acceptors (Lipinski definition) is 3. The Morgan fingerprint density at radius 3 is 2.64 bits per heavy atom. The number of amides is 3. The van der Waals surface area contributed by atoms with Gasteiger partial charge >= 0.3 is 6.03 Å². The first-order valence-electron chi connectivity index (χ1n) is 9.16. The normalized spacial score (nSPS) is 18.6. The molecule has 0 spiro atoms. The van der Waals surface area contributed by atoms with E-state index in [0.29, 0.717) is 19.1 Å². The Kier molecular flexibility index (Phi) is 7.25. The number of nitrogens with one attached hydrogen (secondary N) is 2. The van der Waals surface area contributed by atoms with Gasteiger partial charge in [0, 0.05) is 38.3 Å². The summed E-state index contributed by atoms with van der Waals surface area (Å²) in [6.07, 6.45) is 0.932. The summed E-state index contributed by atoms with van der Waals surface area (Å²) >= 11 is 0. The van der Waals surface area contributed by atoms with Crippen LogP contribution in [-0.4, -0.2) is 60.5 Å². The average molecular weight is 346 g/mol. The van der Waals surface area contributed by atoms with Crippen LogP contribution >= 0.6 is 0 Å². The molecule has 1 heterocycles. The molecule has 0 radical (unpaired) electrons. The van der Waals surface area contributed by atoms with E-state index in [4.69, 9.17) is 0 Å². The van der Waals surface area contributed by atoms with E-state index >= 15 is 0 Å². The second kappa shape index (κ2) is 9.42. The van der Waals surface area contributed by atoms with Crippen molar-refractivity contribution in [1.82, 2.24) is 20.4 Å². The van der Waals surface area contributed by atoms with Crippen LogP contribution in [0.15, 0.2) is 30.3 Å². The zero-order valence-electron chi connectivity index (χ0n) is 15.5. The van der Waals surface area contributed by atoms with Crippen LogP contribution in [0.5, 0.6) is 0 Å². The zero-order valence-corrected chi connectivity index (χ0v) is 15.5. The molecular weight excluding hydrogens is 316 g/mol. The molecule has 2 rings (SSSR count). The molecule has 0 unspecified atom stereocenters. The Hall–Kier alpha value is -2.08. The fourth-order valence-corrected chi connectivity index (χ4v) is 3.22. The molecule has 1 fully saturated rings. The number of urea groups is 1. The Morgan fingerprint density at radius 1 is 1.28 bits per heavy atom. The molecule has 3 amide bonds. The summed E-state index contributed by atoms with van der Waals surface area (Å²) in [6.45, 7) is 8.95. The number of nitrogens with zero attached hydrogens (tertiary/aromatic N) is 2. The summed E-state index contributed by atoms with van der Waals surface area (Å²) in [5, 5.41) is 5.81. The topological polar surface area (TPSA) is 64.7 Å². The molecule has 0 saturated carbocycles. The minimum absolute atomic E-state index is 0.104. The molecule has 138 valence electrons. The van der Waals surface area contributed by atoms with Gasteiger partial charge in [-0.1, -0.05) is 30.3 Å². The first-order chi connectivity index (χ1) is 12.0. The third-order valence-corrected chi connectivity index (χ3v) is 4.75. The highest BCUT2D eigenvalue weighted by molar-refractivity contribution is 5.84. The Bertz CT molecular complexity index is 564. The largest absolute Gasteiger partial charge is 0.355 e. The molecule has 0 aliphatic carbocycles. The van der Waals surface area contributed by atoms with Crippen molar-refractivity contribution >= 4 is 11.9 Å². The standard InChI is InChI=1S/C19H30N4O2/c1-4-20-18(24)14-22(5-2)19(25)21-17-11-12-23(13-17)15(3)16-9-7-6-8-10-16/h6-10,15,17H,4-5,11-14H2,1-3H3,(H,20,24)(H,21,25)/t15-,17+/m0/s1. The minimum Gasteiger partial charge on any atom is -0.355 e. The summed E-state index contributed by atoms with van der Waals surface area (Å²) < 4.78 is 0. The zero-order chi connectivity index (χ0) is 18.2. The molecule has 1 aromatic carbocycles. The Morgan fingerprint density at radius 2 is 2.00 bits per heavy atom. The second-order valence-electron chi connectivity index (χ2n) is 6.48. The van der Waals surface area contributed by atoms with Crippen LogP contribution in [0.4, 0.5) is 4.79 Å². The molecular formula is C19H30N4O2. The predicted octanol–water partition coefficient (Wildman–Crippen LogP) is 1.99. The van der Waals surface area contributed by atoms with Crippen LogP contribution in [0.1, 0.15) is 38.8 Å². The van der Waals surface area contributed by atoms with Crippen molar-refractivity contribution in [2.45, 2.75) is 39.3 Å². The van der Waals surface area contributed by atoms with E-state index in [2.05, 4.69) is 46.7 Å². The van der Waals surface area contributed by atoms with Gasteiger partial charge in [-0.2, -0.15) is 0 Å². The third-order valence-electron chi connectivity index (χ3n) is 4.75. The molecule has 25 heavy (non-hydrogen) atoms. The van der Waals surface area contributed by atoms with Crippen molar-refractivity contribution < 1.29 is 9.59 Å². The van der Waals surface area contributed by atoms with Gasteiger partial charge in [0.05, 0.1) is 0 Å². The molecule has 1 aromatic rings. The van der Waals surface area contributed by atoms with E-state index in [0.717, 1.165) is 19.5 Å². The summed E-state index contributed by atoms with van der Waals surface area (Å²) in [5.41, 5.74) is 1.29. The number of carbonyl (C=O) groups is 2. The van der Waals surface area contributed by atoms with Gasteiger partial charge < -0.3 is 15.5 Å². The van der Waals surface area contributed by atoms with Gasteiger partial charge in [-0.25, -0.2) is 4.79 Å². The molecule has 1 aliphatic rings. The van der Waals surface area contributed by atoms with Gasteiger partial charge in [0.25, 0.3) is 0 Å². The lowest BCUT2D eigenvalue weighted by Gasteiger charge is -2.26. The monoisotopic (exact) mass is 346 g/mol. The lowest BCUT2D eigenvalue weighted by molar-refractivity contribution is -0.121. The lowest BCUT2D eigenvalue weighted by atomic mass is 10.1. The molecule has 1 saturated heterocycles. The maximum Gasteiger partial charge on any atom is 0.318 e. The maximum atomic E-state index is 12.4. The first-order valence-corrected chi connectivity index (χ1v) is 9.16. The third kappa shape index (κ3) is 5.46. The number of likely N-dealkylation sites (tertiary alicyclic amines) is 1. The van der Waals surface area contributed by atoms with Gasteiger partial charge in [0.1, 0.15) is 6.54 Å². The van der Waals surface area contributed by atoms with Gasteiger partial charge in [-0.05, 0) is 32.8 Å². The van der Waals surface area contributed by atoms with Crippen molar-refractivity contribution in [1.29, 1.82) is 0 Å². The number of carbonyl (C=O) groups excluding carboxylic acids is 2. The highest BCUT2D eigenvalue weighted by atomic mass is 16.2. The second-order valence-corrected chi connectivity index (χ2v) is 6.48. The van der Waals surface area contributed by atoms with Gasteiger partial charge in [-0.15, -0.1) is 0 Å². The summed E-state index contributed by atoms with van der Waals surface area (Å²) in [4.78, 5) is 28.1. The fourth-order valence-electron chi connectivity index (χ4n) is 3.22. The molecule has 0 bridgehead atoms. The van der Waals surface area contributed by atoms with Crippen molar-refractivity contribution in [3.05, 3.63) is 35.9 Å². The molecule has 6 nitrogen and oxygen atoms in total. The van der Waals surface area contributed by atoms with Crippen molar-refractivity contribution in [3.8, 4) is 0 Å². The van der Waals surface area contributed by atoms with E-state index < -0.39 is 0 Å². The van der Waals surface area contributed by atoms with Crippen molar-refractivity contribution in [2.75, 3.05) is 32.7 Å². The van der Waals surface area contributed by atoms with E-state index in [1.54, 1.807) is 4.90 Å². The van der Waals surface area contributed by atoms with E-state index in [1.807, 2.05) is 19.9 Å². The number of likely N-dealkylation sites (N-methyl/N-ethyl adjacent to an activating group) is 2. The SMILES string of the molecule is CCNC(=O)CN(CC)C(=O)N[C@@H]1CCN([C@@H](C)c2ccccc2)C1. The number of rotatable bonds is 7. The first kappa shape index (κ1) is 19.2. The van der Waals surface area contributed by atoms with E-state index in [-0.39, 0.29) is 24.5 Å².